The first-order valence-electron chi connectivity index (χ1n) is 10.3. The molecule has 0 spiro atoms. The Kier molecular flexibility index (Phi) is 5.90. The molecule has 2 aliphatic rings. The maximum absolute atomic E-state index is 12.6. The average molecular weight is 383 g/mol. The minimum Gasteiger partial charge on any atom is -0.497 e. The first-order chi connectivity index (χ1) is 13.7. The van der Waals surface area contributed by atoms with Gasteiger partial charge in [-0.3, -0.25) is 9.69 Å². The smallest absolute Gasteiger partial charge is 0.276 e. The maximum atomic E-state index is 12.6. The first kappa shape index (κ1) is 18.9. The van der Waals surface area contributed by atoms with Gasteiger partial charge in [0.15, 0.2) is 5.69 Å². The van der Waals surface area contributed by atoms with Gasteiger partial charge in [0.25, 0.3) is 5.91 Å². The lowest BCUT2D eigenvalue weighted by Crippen LogP contribution is -2.36. The van der Waals surface area contributed by atoms with Crippen molar-refractivity contribution >= 4 is 5.91 Å². The third-order valence-electron chi connectivity index (χ3n) is 5.79. The van der Waals surface area contributed by atoms with E-state index in [1.54, 1.807) is 7.11 Å². The molecular weight excluding hydrogens is 354 g/mol. The summed E-state index contributed by atoms with van der Waals surface area (Å²) in [4.78, 5) is 17.0. The van der Waals surface area contributed by atoms with E-state index in [1.807, 2.05) is 27.9 Å². The van der Waals surface area contributed by atoms with Crippen molar-refractivity contribution in [3.63, 3.8) is 0 Å². The highest BCUT2D eigenvalue weighted by Crippen LogP contribution is 2.23. The third-order valence-corrected chi connectivity index (χ3v) is 5.79. The molecule has 2 aromatic rings. The number of rotatable bonds is 5. The van der Waals surface area contributed by atoms with Crippen LogP contribution in [0.2, 0.25) is 0 Å². The van der Waals surface area contributed by atoms with Crippen molar-refractivity contribution < 1.29 is 9.53 Å². The number of benzene rings is 1. The quantitative estimate of drug-likeness (QED) is 0.794. The van der Waals surface area contributed by atoms with Gasteiger partial charge in [-0.05, 0) is 56.3 Å². The Morgan fingerprint density at radius 3 is 2.64 bits per heavy atom. The zero-order valence-corrected chi connectivity index (χ0v) is 16.6. The van der Waals surface area contributed by atoms with E-state index in [0.717, 1.165) is 64.2 Å². The summed E-state index contributed by atoms with van der Waals surface area (Å²) in [7, 11) is 1.69. The van der Waals surface area contributed by atoms with Crippen LogP contribution in [0.25, 0.3) is 0 Å². The fourth-order valence-corrected chi connectivity index (χ4v) is 4.19. The van der Waals surface area contributed by atoms with Crippen molar-refractivity contribution in [2.75, 3.05) is 33.3 Å². The van der Waals surface area contributed by atoms with Crippen LogP contribution in [-0.2, 0) is 6.54 Å². The van der Waals surface area contributed by atoms with Crippen LogP contribution in [0.15, 0.2) is 30.5 Å². The number of carbonyl (C=O) groups excluding carboxylic acids is 1. The summed E-state index contributed by atoms with van der Waals surface area (Å²) in [6.45, 7) is 4.59. The van der Waals surface area contributed by atoms with Crippen LogP contribution in [-0.4, -0.2) is 64.0 Å². The van der Waals surface area contributed by atoms with Crippen LogP contribution >= 0.6 is 0 Å². The molecule has 150 valence electrons. The fraction of sp³-hybridized carbons (Fsp3) is 0.571. The molecule has 7 heteroatoms. The summed E-state index contributed by atoms with van der Waals surface area (Å²) in [6, 6.07) is 8.52. The maximum Gasteiger partial charge on any atom is 0.276 e. The van der Waals surface area contributed by atoms with Gasteiger partial charge in [-0.15, -0.1) is 5.10 Å². The van der Waals surface area contributed by atoms with Crippen LogP contribution in [0.1, 0.15) is 54.2 Å². The molecule has 0 N–H and O–H groups in total. The van der Waals surface area contributed by atoms with E-state index in [2.05, 4.69) is 27.3 Å². The zero-order valence-electron chi connectivity index (χ0n) is 16.6. The lowest BCUT2D eigenvalue weighted by Gasteiger charge is -2.32. The normalized spacial score (nSPS) is 20.9. The number of hydrogen-bond donors (Lipinski definition) is 0. The van der Waals surface area contributed by atoms with E-state index in [0.29, 0.717) is 5.69 Å². The Balaban J connectivity index is 1.37. The highest BCUT2D eigenvalue weighted by Gasteiger charge is 2.25. The van der Waals surface area contributed by atoms with Crippen LogP contribution in [0.5, 0.6) is 5.75 Å². The Bertz CT molecular complexity index is 782. The first-order valence-corrected chi connectivity index (χ1v) is 10.3. The monoisotopic (exact) mass is 383 g/mol. The molecule has 7 nitrogen and oxygen atoms in total. The van der Waals surface area contributed by atoms with Gasteiger partial charge in [-0.1, -0.05) is 17.3 Å². The summed E-state index contributed by atoms with van der Waals surface area (Å²) in [5.41, 5.74) is 1.76. The summed E-state index contributed by atoms with van der Waals surface area (Å²) in [5.74, 6) is 0.908. The van der Waals surface area contributed by atoms with Gasteiger partial charge in [0.05, 0.1) is 19.3 Å². The zero-order chi connectivity index (χ0) is 19.3. The summed E-state index contributed by atoms with van der Waals surface area (Å²) < 4.78 is 7.14. The van der Waals surface area contributed by atoms with Crippen molar-refractivity contribution in [3.05, 3.63) is 41.7 Å². The second kappa shape index (κ2) is 8.73. The van der Waals surface area contributed by atoms with Gasteiger partial charge in [-0.2, -0.15) is 0 Å². The van der Waals surface area contributed by atoms with Crippen LogP contribution in [0.3, 0.4) is 0 Å². The third kappa shape index (κ3) is 4.35. The number of likely N-dealkylation sites (tertiary alicyclic amines) is 2. The van der Waals surface area contributed by atoms with Crippen molar-refractivity contribution in [1.29, 1.82) is 0 Å². The summed E-state index contributed by atoms with van der Waals surface area (Å²) >= 11 is 0. The van der Waals surface area contributed by atoms with E-state index in [1.165, 1.54) is 12.0 Å². The van der Waals surface area contributed by atoms with Gasteiger partial charge < -0.3 is 9.64 Å². The molecule has 3 heterocycles. The predicted octanol–water partition coefficient (Wildman–Crippen LogP) is 2.75. The Labute approximate surface area is 166 Å². The molecule has 2 aliphatic heterocycles. The number of aromatic nitrogens is 3. The van der Waals surface area contributed by atoms with E-state index >= 15 is 0 Å². The number of nitrogens with zero attached hydrogens (tertiary/aromatic N) is 5. The SMILES string of the molecule is COc1ccc(CN2CCC[C@H](n3cc(C(=O)N4CCCCC4)nn3)C2)cc1. The van der Waals surface area contributed by atoms with Gasteiger partial charge >= 0.3 is 0 Å². The van der Waals surface area contributed by atoms with E-state index < -0.39 is 0 Å². The molecule has 1 aromatic heterocycles. The van der Waals surface area contributed by atoms with Crippen molar-refractivity contribution in [2.45, 2.75) is 44.7 Å². The van der Waals surface area contributed by atoms with Crippen molar-refractivity contribution in [1.82, 2.24) is 24.8 Å². The van der Waals surface area contributed by atoms with Gasteiger partial charge in [0, 0.05) is 26.2 Å². The molecular formula is C21H29N5O2. The van der Waals surface area contributed by atoms with Gasteiger partial charge in [-0.25, -0.2) is 4.68 Å². The molecule has 0 saturated carbocycles. The van der Waals surface area contributed by atoms with E-state index in [9.17, 15) is 4.79 Å². The van der Waals surface area contributed by atoms with E-state index in [-0.39, 0.29) is 11.9 Å². The fourth-order valence-electron chi connectivity index (χ4n) is 4.19. The molecule has 2 fully saturated rings. The number of methoxy groups -OCH3 is 1. The topological polar surface area (TPSA) is 63.5 Å². The summed E-state index contributed by atoms with van der Waals surface area (Å²) in [5, 5.41) is 8.48. The summed E-state index contributed by atoms with van der Waals surface area (Å²) in [6.07, 6.45) is 7.42. The number of ether oxygens (including phenoxy) is 1. The number of amides is 1. The average Bonchev–Trinajstić information content (AvgIpc) is 3.25. The molecule has 1 aromatic carbocycles. The lowest BCUT2D eigenvalue weighted by atomic mass is 10.0. The molecule has 1 atom stereocenters. The number of carbonyl (C=O) groups is 1. The minimum absolute atomic E-state index is 0.0249. The molecule has 28 heavy (non-hydrogen) atoms. The highest BCUT2D eigenvalue weighted by atomic mass is 16.5. The molecule has 0 unspecified atom stereocenters. The molecule has 0 bridgehead atoms. The number of piperidine rings is 2. The van der Waals surface area contributed by atoms with Crippen LogP contribution in [0, 0.1) is 0 Å². The Hall–Kier alpha value is -2.41. The van der Waals surface area contributed by atoms with Crippen molar-refractivity contribution in [2.24, 2.45) is 0 Å². The Morgan fingerprint density at radius 1 is 1.11 bits per heavy atom. The van der Waals surface area contributed by atoms with Crippen molar-refractivity contribution in [3.8, 4) is 5.75 Å². The second-order valence-electron chi connectivity index (χ2n) is 7.82. The van der Waals surface area contributed by atoms with E-state index in [4.69, 9.17) is 4.74 Å². The molecule has 1 amide bonds. The van der Waals surface area contributed by atoms with Crippen LogP contribution in [0.4, 0.5) is 0 Å². The lowest BCUT2D eigenvalue weighted by molar-refractivity contribution is 0.0718. The molecule has 4 rings (SSSR count). The van der Waals surface area contributed by atoms with Gasteiger partial charge in [0.1, 0.15) is 5.75 Å². The largest absolute Gasteiger partial charge is 0.497 e. The predicted molar refractivity (Wildman–Crippen MR) is 106 cm³/mol. The standard InChI is InChI=1S/C21H29N5O2/c1-28-19-9-7-17(8-10-19)14-24-11-5-6-18(15-24)26-16-20(22-23-26)21(27)25-12-3-2-4-13-25/h7-10,16,18H,2-6,11-15H2,1H3/t18-/m0/s1. The number of hydrogen-bond acceptors (Lipinski definition) is 5. The minimum atomic E-state index is 0.0249. The second-order valence-corrected chi connectivity index (χ2v) is 7.82. The molecule has 0 aliphatic carbocycles. The van der Waals surface area contributed by atoms with Gasteiger partial charge in [0.2, 0.25) is 0 Å². The van der Waals surface area contributed by atoms with Crippen LogP contribution < -0.4 is 4.74 Å². The Morgan fingerprint density at radius 2 is 1.89 bits per heavy atom. The molecule has 2 saturated heterocycles. The highest BCUT2D eigenvalue weighted by molar-refractivity contribution is 5.91. The molecule has 0 radical (unpaired) electrons.